The molecule has 1 aliphatic rings. The Bertz CT molecular complexity index is 440. The number of likely N-dealkylation sites (N-methyl/N-ethyl adjacent to an activating group) is 1. The zero-order chi connectivity index (χ0) is 11.8. The molecule has 14 heavy (non-hydrogen) atoms. The summed E-state index contributed by atoms with van der Waals surface area (Å²) in [5, 5.41) is 0. The molecule has 0 unspecified atom stereocenters. The first kappa shape index (κ1) is 6.82. The van der Waals surface area contributed by atoms with Crippen LogP contribution in [0.3, 0.4) is 0 Å². The van der Waals surface area contributed by atoms with Gasteiger partial charge < -0.3 is 4.90 Å². The molecule has 2 nitrogen and oxygen atoms in total. The average Bonchev–Trinajstić information content (AvgIpc) is 2.27. The Morgan fingerprint density at radius 1 is 1.36 bits per heavy atom. The van der Waals surface area contributed by atoms with Crippen LogP contribution in [0.5, 0.6) is 0 Å². The third kappa shape index (κ3) is 1.69. The molecule has 0 atom stereocenters. The first-order valence-electron chi connectivity index (χ1n) is 5.55. The molecule has 1 amide bonds. The molecular formula is C12H13NO. The van der Waals surface area contributed by atoms with Gasteiger partial charge in [0.2, 0.25) is 5.91 Å². The molecular weight excluding hydrogens is 174 g/mol. The van der Waals surface area contributed by atoms with Crippen molar-refractivity contribution in [1.29, 1.82) is 0 Å². The summed E-state index contributed by atoms with van der Waals surface area (Å²) in [6.45, 7) is 0.461. The fourth-order valence-corrected chi connectivity index (χ4v) is 1.38. The summed E-state index contributed by atoms with van der Waals surface area (Å²) in [4.78, 5) is 13.1. The van der Waals surface area contributed by atoms with Crippen LogP contribution in [0, 0.1) is 0 Å². The van der Waals surface area contributed by atoms with E-state index in [2.05, 4.69) is 0 Å². The van der Waals surface area contributed by atoms with E-state index in [4.69, 9.17) is 2.74 Å². The quantitative estimate of drug-likeness (QED) is 0.661. The molecule has 0 saturated heterocycles. The molecule has 72 valence electrons. The lowest BCUT2D eigenvalue weighted by atomic mass is 9.99. The molecule has 0 saturated carbocycles. The molecule has 2 heteroatoms. The van der Waals surface area contributed by atoms with Crippen LogP contribution < -0.4 is 0 Å². The Kier molecular flexibility index (Phi) is 1.78. The van der Waals surface area contributed by atoms with Crippen molar-refractivity contribution in [1.82, 2.24) is 4.90 Å². The lowest BCUT2D eigenvalue weighted by Gasteiger charge is -2.22. The van der Waals surface area contributed by atoms with Crippen molar-refractivity contribution in [2.24, 2.45) is 0 Å². The number of benzene rings is 1. The molecule has 1 aliphatic heterocycles. The standard InChI is InChI=1S/C12H13NO/c1-13-8-7-11(9-12(13)14)10-5-3-2-4-6-10/h2-7H,8-9H2,1H3/i9D2. The van der Waals surface area contributed by atoms with E-state index in [1.165, 1.54) is 4.90 Å². The van der Waals surface area contributed by atoms with Gasteiger partial charge in [-0.3, -0.25) is 4.79 Å². The highest BCUT2D eigenvalue weighted by Crippen LogP contribution is 2.21. The summed E-state index contributed by atoms with van der Waals surface area (Å²) < 4.78 is 15.7. The maximum Gasteiger partial charge on any atom is 0.227 e. The van der Waals surface area contributed by atoms with E-state index < -0.39 is 12.3 Å². The lowest BCUT2D eigenvalue weighted by molar-refractivity contribution is -0.128. The summed E-state index contributed by atoms with van der Waals surface area (Å²) in [6, 6.07) is 9.20. The van der Waals surface area contributed by atoms with E-state index in [-0.39, 0.29) is 0 Å². The fraction of sp³-hybridized carbons (Fsp3) is 0.250. The predicted octanol–water partition coefficient (Wildman–Crippen LogP) is 1.93. The Morgan fingerprint density at radius 3 is 2.79 bits per heavy atom. The maximum atomic E-state index is 11.7. The minimum Gasteiger partial charge on any atom is -0.342 e. The predicted molar refractivity (Wildman–Crippen MR) is 56.7 cm³/mol. The first-order valence-corrected chi connectivity index (χ1v) is 4.55. The number of rotatable bonds is 1. The van der Waals surface area contributed by atoms with Crippen LogP contribution >= 0.6 is 0 Å². The van der Waals surface area contributed by atoms with E-state index in [1.807, 2.05) is 30.3 Å². The van der Waals surface area contributed by atoms with E-state index in [0.717, 1.165) is 5.56 Å². The van der Waals surface area contributed by atoms with Crippen LogP contribution in [0.25, 0.3) is 5.57 Å². The maximum absolute atomic E-state index is 11.7. The van der Waals surface area contributed by atoms with Crippen LogP contribution in [-0.2, 0) is 4.79 Å². The van der Waals surface area contributed by atoms with Crippen LogP contribution in [0.4, 0.5) is 0 Å². The van der Waals surface area contributed by atoms with Crippen LogP contribution in [0.15, 0.2) is 36.4 Å². The Labute approximate surface area is 86.7 Å². The number of hydrogen-bond donors (Lipinski definition) is 0. The van der Waals surface area contributed by atoms with E-state index in [1.54, 1.807) is 13.1 Å². The normalized spacial score (nSPS) is 22.5. The second-order valence-electron chi connectivity index (χ2n) is 3.29. The third-order valence-corrected chi connectivity index (χ3v) is 2.24. The van der Waals surface area contributed by atoms with Gasteiger partial charge in [0.05, 0.1) is 6.37 Å². The molecule has 1 aromatic carbocycles. The molecule has 1 heterocycles. The van der Waals surface area contributed by atoms with Crippen molar-refractivity contribution in [2.75, 3.05) is 13.6 Å². The van der Waals surface area contributed by atoms with Gasteiger partial charge in [0.1, 0.15) is 0 Å². The highest BCUT2D eigenvalue weighted by Gasteiger charge is 2.16. The summed E-state index contributed by atoms with van der Waals surface area (Å²) in [5.74, 6) is -0.478. The summed E-state index contributed by atoms with van der Waals surface area (Å²) in [7, 11) is 1.61. The number of carbonyl (C=O) groups is 1. The van der Waals surface area contributed by atoms with Crippen LogP contribution in [-0.4, -0.2) is 24.4 Å². The lowest BCUT2D eigenvalue weighted by Crippen LogP contribution is -2.30. The second kappa shape index (κ2) is 3.66. The molecule has 0 spiro atoms. The Hall–Kier alpha value is -1.57. The minimum atomic E-state index is -1.92. The van der Waals surface area contributed by atoms with Gasteiger partial charge in [-0.2, -0.15) is 0 Å². The van der Waals surface area contributed by atoms with Gasteiger partial charge in [0.15, 0.2) is 0 Å². The smallest absolute Gasteiger partial charge is 0.227 e. The molecule has 0 N–H and O–H groups in total. The van der Waals surface area contributed by atoms with Crippen LogP contribution in [0.2, 0.25) is 0 Å². The van der Waals surface area contributed by atoms with Gasteiger partial charge in [-0.15, -0.1) is 0 Å². The number of carbonyl (C=O) groups excluding carboxylic acids is 1. The third-order valence-electron chi connectivity index (χ3n) is 2.24. The monoisotopic (exact) mass is 189 g/mol. The van der Waals surface area contributed by atoms with Crippen molar-refractivity contribution >= 4 is 11.5 Å². The highest BCUT2D eigenvalue weighted by molar-refractivity contribution is 5.90. The molecule has 0 bridgehead atoms. The van der Waals surface area contributed by atoms with E-state index in [9.17, 15) is 4.79 Å². The van der Waals surface area contributed by atoms with Gasteiger partial charge >= 0.3 is 0 Å². The zero-order valence-electron chi connectivity index (χ0n) is 10.0. The molecule has 0 fully saturated rings. The summed E-state index contributed by atoms with van der Waals surface area (Å²) in [5.41, 5.74) is 1.24. The summed E-state index contributed by atoms with van der Waals surface area (Å²) in [6.07, 6.45) is -0.148. The minimum absolute atomic E-state index is 0.461. The number of nitrogens with zero attached hydrogens (tertiary/aromatic N) is 1. The van der Waals surface area contributed by atoms with Crippen molar-refractivity contribution in [2.45, 2.75) is 6.37 Å². The topological polar surface area (TPSA) is 20.3 Å². The first-order chi connectivity index (χ1) is 7.53. The van der Waals surface area contributed by atoms with Gasteiger partial charge in [0, 0.05) is 16.3 Å². The van der Waals surface area contributed by atoms with E-state index in [0.29, 0.717) is 12.1 Å². The summed E-state index contributed by atoms with van der Waals surface area (Å²) >= 11 is 0. The Balaban J connectivity index is 2.46. The van der Waals surface area contributed by atoms with Crippen molar-refractivity contribution in [3.8, 4) is 0 Å². The second-order valence-corrected chi connectivity index (χ2v) is 3.29. The van der Waals surface area contributed by atoms with Gasteiger partial charge in [-0.05, 0) is 11.1 Å². The van der Waals surface area contributed by atoms with Crippen molar-refractivity contribution in [3.05, 3.63) is 42.0 Å². The SMILES string of the molecule is [2H]C1([2H])C(=O)N(C)CC=C1c1ccccc1. The molecule has 1 aromatic rings. The van der Waals surface area contributed by atoms with Gasteiger partial charge in [-0.1, -0.05) is 36.4 Å². The highest BCUT2D eigenvalue weighted by atomic mass is 16.2. The van der Waals surface area contributed by atoms with Crippen molar-refractivity contribution < 1.29 is 7.54 Å². The number of amides is 1. The van der Waals surface area contributed by atoms with E-state index >= 15 is 0 Å². The average molecular weight is 189 g/mol. The molecule has 0 aliphatic carbocycles. The number of hydrogen-bond acceptors (Lipinski definition) is 1. The molecule has 0 radical (unpaired) electrons. The fourth-order valence-electron chi connectivity index (χ4n) is 1.38. The Morgan fingerprint density at radius 2 is 2.07 bits per heavy atom. The largest absolute Gasteiger partial charge is 0.342 e. The van der Waals surface area contributed by atoms with Crippen LogP contribution in [0.1, 0.15) is 14.7 Å². The molecule has 0 aromatic heterocycles. The molecule has 2 rings (SSSR count). The van der Waals surface area contributed by atoms with Gasteiger partial charge in [0.25, 0.3) is 0 Å². The van der Waals surface area contributed by atoms with Gasteiger partial charge in [-0.25, -0.2) is 0 Å². The zero-order valence-corrected chi connectivity index (χ0v) is 8.03. The van der Waals surface area contributed by atoms with Crippen molar-refractivity contribution in [3.63, 3.8) is 0 Å².